The van der Waals surface area contributed by atoms with Gasteiger partial charge in [-0.05, 0) is 53.2 Å². The highest BCUT2D eigenvalue weighted by Crippen LogP contribution is 2.21. The lowest BCUT2D eigenvalue weighted by atomic mass is 9.98. The number of hydrogen-bond donors (Lipinski definition) is 2. The number of hydrogen-bond acceptors (Lipinski definition) is 4. The number of aromatic nitrogens is 2. The Morgan fingerprint density at radius 3 is 2.65 bits per heavy atom. The molecule has 7 nitrogen and oxygen atoms in total. The highest BCUT2D eigenvalue weighted by molar-refractivity contribution is 5.79. The van der Waals surface area contributed by atoms with E-state index >= 15 is 0 Å². The van der Waals surface area contributed by atoms with Gasteiger partial charge in [0.1, 0.15) is 0 Å². The van der Waals surface area contributed by atoms with Crippen molar-refractivity contribution in [3.8, 4) is 0 Å². The van der Waals surface area contributed by atoms with Crippen LogP contribution in [0.4, 0.5) is 0 Å². The SMILES string of the molecule is Cc1[nH]c(=O)[nH]c(=O)c1CC(=O)N1CCCC[C@@H]1CCN(C)C. The molecular formula is C16H26N4O3. The molecule has 1 saturated heterocycles. The van der Waals surface area contributed by atoms with Gasteiger partial charge < -0.3 is 14.8 Å². The fourth-order valence-corrected chi connectivity index (χ4v) is 3.13. The summed E-state index contributed by atoms with van der Waals surface area (Å²) in [6.07, 6.45) is 4.14. The molecule has 1 aromatic rings. The first-order chi connectivity index (χ1) is 10.9. The van der Waals surface area contributed by atoms with E-state index in [2.05, 4.69) is 14.9 Å². The van der Waals surface area contributed by atoms with Crippen LogP contribution in [0, 0.1) is 6.92 Å². The Morgan fingerprint density at radius 1 is 1.26 bits per heavy atom. The third-order valence-electron chi connectivity index (χ3n) is 4.44. The zero-order valence-electron chi connectivity index (χ0n) is 14.1. The second-order valence-corrected chi connectivity index (χ2v) is 6.52. The van der Waals surface area contributed by atoms with Crippen molar-refractivity contribution in [1.82, 2.24) is 19.8 Å². The number of piperidine rings is 1. The summed E-state index contributed by atoms with van der Waals surface area (Å²) in [5.41, 5.74) is -0.188. The molecule has 2 N–H and O–H groups in total. The van der Waals surface area contributed by atoms with Crippen molar-refractivity contribution in [2.75, 3.05) is 27.2 Å². The third kappa shape index (κ3) is 4.54. The van der Waals surface area contributed by atoms with Crippen LogP contribution in [-0.2, 0) is 11.2 Å². The average Bonchev–Trinajstić information content (AvgIpc) is 2.48. The van der Waals surface area contributed by atoms with Crippen molar-refractivity contribution in [2.24, 2.45) is 0 Å². The molecule has 128 valence electrons. The molecule has 0 aromatic carbocycles. The molecule has 1 aliphatic heterocycles. The summed E-state index contributed by atoms with van der Waals surface area (Å²) in [4.78, 5) is 44.6. The van der Waals surface area contributed by atoms with Gasteiger partial charge in [0, 0.05) is 23.8 Å². The van der Waals surface area contributed by atoms with E-state index in [4.69, 9.17) is 0 Å². The van der Waals surface area contributed by atoms with Gasteiger partial charge in [0.15, 0.2) is 0 Å². The number of nitrogens with zero attached hydrogens (tertiary/aromatic N) is 2. The van der Waals surface area contributed by atoms with Gasteiger partial charge in [-0.1, -0.05) is 0 Å². The van der Waals surface area contributed by atoms with Crippen molar-refractivity contribution in [1.29, 1.82) is 0 Å². The molecule has 7 heteroatoms. The van der Waals surface area contributed by atoms with Crippen LogP contribution in [0.1, 0.15) is 36.9 Å². The topological polar surface area (TPSA) is 89.3 Å². The van der Waals surface area contributed by atoms with Crippen molar-refractivity contribution in [2.45, 2.75) is 45.1 Å². The van der Waals surface area contributed by atoms with Gasteiger partial charge in [0.05, 0.1) is 6.42 Å². The Hall–Kier alpha value is -1.89. The van der Waals surface area contributed by atoms with Crippen LogP contribution in [0.2, 0.25) is 0 Å². The molecule has 0 radical (unpaired) electrons. The number of nitrogens with one attached hydrogen (secondary N) is 2. The average molecular weight is 322 g/mol. The Morgan fingerprint density at radius 2 is 2.00 bits per heavy atom. The summed E-state index contributed by atoms with van der Waals surface area (Å²) in [6.45, 7) is 3.34. The van der Waals surface area contributed by atoms with Crippen molar-refractivity contribution in [3.63, 3.8) is 0 Å². The van der Waals surface area contributed by atoms with Crippen LogP contribution in [0.15, 0.2) is 9.59 Å². The van der Waals surface area contributed by atoms with Crippen molar-refractivity contribution >= 4 is 5.91 Å². The summed E-state index contributed by atoms with van der Waals surface area (Å²) in [5, 5.41) is 0. The Labute approximate surface area is 135 Å². The van der Waals surface area contributed by atoms with Crippen LogP contribution >= 0.6 is 0 Å². The number of H-pyrrole nitrogens is 2. The number of aryl methyl sites for hydroxylation is 1. The molecule has 0 bridgehead atoms. The van der Waals surface area contributed by atoms with E-state index in [-0.39, 0.29) is 18.4 Å². The minimum atomic E-state index is -0.537. The first-order valence-electron chi connectivity index (χ1n) is 8.14. The number of carbonyl (C=O) groups excluding carboxylic acids is 1. The number of aromatic amines is 2. The molecule has 1 atom stereocenters. The molecule has 0 aliphatic carbocycles. The Bertz CT molecular complexity index is 662. The van der Waals surface area contributed by atoms with Crippen LogP contribution in [0.3, 0.4) is 0 Å². The minimum absolute atomic E-state index is 0.0332. The van der Waals surface area contributed by atoms with Crippen molar-refractivity contribution in [3.05, 3.63) is 32.1 Å². The number of carbonyl (C=O) groups is 1. The van der Waals surface area contributed by atoms with Gasteiger partial charge in [0.25, 0.3) is 5.56 Å². The molecule has 1 amide bonds. The third-order valence-corrected chi connectivity index (χ3v) is 4.44. The quantitative estimate of drug-likeness (QED) is 0.813. The van der Waals surface area contributed by atoms with Gasteiger partial charge in [-0.2, -0.15) is 0 Å². The normalized spacial score (nSPS) is 18.4. The number of rotatable bonds is 5. The Kier molecular flexibility index (Phi) is 5.76. The molecule has 1 fully saturated rings. The summed E-state index contributed by atoms with van der Waals surface area (Å²) in [7, 11) is 4.05. The summed E-state index contributed by atoms with van der Waals surface area (Å²) in [5.74, 6) is -0.0332. The number of likely N-dealkylation sites (tertiary alicyclic amines) is 1. The monoisotopic (exact) mass is 322 g/mol. The fraction of sp³-hybridized carbons (Fsp3) is 0.688. The largest absolute Gasteiger partial charge is 0.339 e. The van der Waals surface area contributed by atoms with Crippen LogP contribution in [0.25, 0.3) is 0 Å². The van der Waals surface area contributed by atoms with E-state index in [9.17, 15) is 14.4 Å². The van der Waals surface area contributed by atoms with E-state index in [1.807, 2.05) is 19.0 Å². The molecule has 1 aliphatic rings. The van der Waals surface area contributed by atoms with Crippen LogP contribution in [-0.4, -0.2) is 58.9 Å². The highest BCUT2D eigenvalue weighted by Gasteiger charge is 2.27. The molecule has 0 saturated carbocycles. The van der Waals surface area contributed by atoms with Gasteiger partial charge in [-0.3, -0.25) is 14.6 Å². The first kappa shape index (κ1) is 17.5. The maximum absolute atomic E-state index is 12.7. The lowest BCUT2D eigenvalue weighted by molar-refractivity contribution is -0.134. The molecule has 0 spiro atoms. The second kappa shape index (κ2) is 7.59. The molecule has 2 rings (SSSR count). The molecule has 0 unspecified atom stereocenters. The van der Waals surface area contributed by atoms with Crippen molar-refractivity contribution < 1.29 is 4.79 Å². The molecule has 23 heavy (non-hydrogen) atoms. The van der Waals surface area contributed by atoms with Crippen LogP contribution < -0.4 is 11.2 Å². The van der Waals surface area contributed by atoms with E-state index in [0.717, 1.165) is 38.8 Å². The zero-order valence-corrected chi connectivity index (χ0v) is 14.1. The Balaban J connectivity index is 2.12. The lowest BCUT2D eigenvalue weighted by Crippen LogP contribution is -2.46. The maximum atomic E-state index is 12.7. The highest BCUT2D eigenvalue weighted by atomic mass is 16.2. The van der Waals surface area contributed by atoms with Gasteiger partial charge in [-0.25, -0.2) is 4.79 Å². The smallest absolute Gasteiger partial charge is 0.325 e. The molecule has 1 aromatic heterocycles. The van der Waals surface area contributed by atoms with Crippen LogP contribution in [0.5, 0.6) is 0 Å². The van der Waals surface area contributed by atoms with E-state index in [1.54, 1.807) is 6.92 Å². The summed E-state index contributed by atoms with van der Waals surface area (Å²) in [6, 6.07) is 0.237. The minimum Gasteiger partial charge on any atom is -0.339 e. The predicted molar refractivity (Wildman–Crippen MR) is 88.6 cm³/mol. The van der Waals surface area contributed by atoms with Gasteiger partial charge >= 0.3 is 5.69 Å². The summed E-state index contributed by atoms with van der Waals surface area (Å²) < 4.78 is 0. The maximum Gasteiger partial charge on any atom is 0.325 e. The van der Waals surface area contributed by atoms with E-state index in [1.165, 1.54) is 0 Å². The molecule has 2 heterocycles. The predicted octanol–water partition coefficient (Wildman–Crippen LogP) is 0.247. The number of amides is 1. The van der Waals surface area contributed by atoms with E-state index in [0.29, 0.717) is 11.3 Å². The first-order valence-corrected chi connectivity index (χ1v) is 8.14. The molecular weight excluding hydrogens is 296 g/mol. The second-order valence-electron chi connectivity index (χ2n) is 6.52. The van der Waals surface area contributed by atoms with Gasteiger partial charge in [0.2, 0.25) is 5.91 Å². The standard InChI is InChI=1S/C16H26N4O3/c1-11-13(15(22)18-16(23)17-11)10-14(21)20-8-5-4-6-12(20)7-9-19(2)3/h12H,4-10H2,1-3H3,(H2,17,18,22,23)/t12-/m1/s1. The zero-order chi connectivity index (χ0) is 17.0. The fourth-order valence-electron chi connectivity index (χ4n) is 3.13. The lowest BCUT2D eigenvalue weighted by Gasteiger charge is -2.36. The summed E-state index contributed by atoms with van der Waals surface area (Å²) >= 11 is 0. The van der Waals surface area contributed by atoms with E-state index < -0.39 is 11.2 Å². The van der Waals surface area contributed by atoms with Gasteiger partial charge in [-0.15, -0.1) is 0 Å².